The highest BCUT2D eigenvalue weighted by atomic mass is 28.4. The molecule has 1 saturated heterocycles. The number of carbonyl (C=O) groups is 1. The van der Waals surface area contributed by atoms with Crippen LogP contribution in [0.2, 0.25) is 16.6 Å². The number of carbonyl (C=O) groups excluding carboxylic acids is 1. The van der Waals surface area contributed by atoms with E-state index < -0.39 is 8.32 Å². The van der Waals surface area contributed by atoms with Gasteiger partial charge in [0.25, 0.3) is 8.32 Å². The number of nitrogens with zero attached hydrogens (tertiary/aromatic N) is 1. The SMILES string of the molecule is C=C(CCCC/C=C(\O[Si](C(C)C)(C(C)C)C(C)C)N1CCOC1=O)OC. The molecule has 1 fully saturated rings. The van der Waals surface area contributed by atoms with Crippen LogP contribution in [-0.2, 0) is 13.9 Å². The van der Waals surface area contributed by atoms with Crippen molar-refractivity contribution in [2.75, 3.05) is 20.3 Å². The third-order valence-electron chi connectivity index (χ3n) is 5.53. The quantitative estimate of drug-likeness (QED) is 0.224. The summed E-state index contributed by atoms with van der Waals surface area (Å²) in [7, 11) is -0.478. The van der Waals surface area contributed by atoms with Crippen LogP contribution in [0.5, 0.6) is 0 Å². The number of amides is 1. The van der Waals surface area contributed by atoms with Gasteiger partial charge < -0.3 is 13.9 Å². The van der Waals surface area contributed by atoms with Gasteiger partial charge in [-0.2, -0.15) is 0 Å². The summed E-state index contributed by atoms with van der Waals surface area (Å²) in [6.45, 7) is 18.4. The van der Waals surface area contributed by atoms with Crippen molar-refractivity contribution in [3.63, 3.8) is 0 Å². The first-order valence-electron chi connectivity index (χ1n) is 10.2. The van der Waals surface area contributed by atoms with Gasteiger partial charge in [-0.3, -0.25) is 0 Å². The van der Waals surface area contributed by atoms with E-state index in [-0.39, 0.29) is 6.09 Å². The number of cyclic esters (lactones) is 1. The van der Waals surface area contributed by atoms with E-state index in [4.69, 9.17) is 13.9 Å². The van der Waals surface area contributed by atoms with Crippen LogP contribution in [0, 0.1) is 0 Å². The number of hydrogen-bond donors (Lipinski definition) is 0. The second-order valence-corrected chi connectivity index (χ2v) is 13.6. The smallest absolute Gasteiger partial charge is 0.416 e. The second-order valence-electron chi connectivity index (χ2n) is 8.22. The van der Waals surface area contributed by atoms with Crippen molar-refractivity contribution in [2.45, 2.75) is 83.8 Å². The van der Waals surface area contributed by atoms with E-state index in [1.807, 2.05) is 0 Å². The molecule has 1 heterocycles. The number of allylic oxidation sites excluding steroid dienone is 2. The fraction of sp³-hybridized carbons (Fsp3) is 0.762. The first kappa shape index (κ1) is 23.6. The number of unbranched alkanes of at least 4 members (excludes halogenated alkanes) is 2. The molecule has 0 aromatic heterocycles. The Bertz CT molecular complexity index is 507. The van der Waals surface area contributed by atoms with Gasteiger partial charge in [-0.15, -0.1) is 0 Å². The third-order valence-corrected chi connectivity index (χ3v) is 11.5. The highest BCUT2D eigenvalue weighted by Gasteiger charge is 2.48. The van der Waals surface area contributed by atoms with Crippen molar-refractivity contribution < 1.29 is 18.7 Å². The Morgan fingerprint density at radius 1 is 1.19 bits per heavy atom. The predicted octanol–water partition coefficient (Wildman–Crippen LogP) is 6.19. The Balaban J connectivity index is 2.98. The summed E-state index contributed by atoms with van der Waals surface area (Å²) >= 11 is 0. The highest BCUT2D eigenvalue weighted by molar-refractivity contribution is 6.77. The largest absolute Gasteiger partial charge is 0.531 e. The summed E-state index contributed by atoms with van der Waals surface area (Å²) in [6.07, 6.45) is 5.49. The van der Waals surface area contributed by atoms with Crippen LogP contribution >= 0.6 is 0 Å². The Labute approximate surface area is 166 Å². The number of ether oxygens (including phenoxy) is 2. The molecule has 0 atom stereocenters. The first-order chi connectivity index (χ1) is 12.7. The van der Waals surface area contributed by atoms with Crippen LogP contribution in [0.3, 0.4) is 0 Å². The molecule has 0 aliphatic carbocycles. The minimum atomic E-state index is -2.13. The average Bonchev–Trinajstić information content (AvgIpc) is 3.02. The van der Waals surface area contributed by atoms with Crippen molar-refractivity contribution in [1.82, 2.24) is 4.90 Å². The maximum Gasteiger partial charge on any atom is 0.416 e. The van der Waals surface area contributed by atoms with Gasteiger partial charge in [0.1, 0.15) is 6.61 Å². The lowest BCUT2D eigenvalue weighted by molar-refractivity contribution is 0.151. The highest BCUT2D eigenvalue weighted by Crippen LogP contribution is 2.44. The van der Waals surface area contributed by atoms with Crippen molar-refractivity contribution in [1.29, 1.82) is 0 Å². The molecular formula is C21H39NO4Si. The van der Waals surface area contributed by atoms with Crippen LogP contribution in [-0.4, -0.2) is 39.6 Å². The minimum absolute atomic E-state index is 0.298. The number of methoxy groups -OCH3 is 1. The molecular weight excluding hydrogens is 358 g/mol. The molecule has 1 rings (SSSR count). The standard InChI is InChI=1S/C21H39NO4Si/c1-16(2)27(17(3)4,18(5)6)26-20(22-14-15-25-21(22)23)13-11-9-10-12-19(7)24-8/h13,16-18H,7,9-12,14-15H2,1-6,8H3/b20-13-. The Morgan fingerprint density at radius 3 is 2.22 bits per heavy atom. The van der Waals surface area contributed by atoms with Crippen molar-refractivity contribution >= 4 is 14.4 Å². The van der Waals surface area contributed by atoms with Gasteiger partial charge in [0.2, 0.25) is 0 Å². The number of rotatable bonds is 12. The summed E-state index contributed by atoms with van der Waals surface area (Å²) in [4.78, 5) is 13.9. The predicted molar refractivity (Wildman–Crippen MR) is 113 cm³/mol. The second kappa shape index (κ2) is 10.8. The fourth-order valence-corrected chi connectivity index (χ4v) is 9.39. The van der Waals surface area contributed by atoms with Crippen molar-refractivity contribution in [2.24, 2.45) is 0 Å². The van der Waals surface area contributed by atoms with Crippen molar-refractivity contribution in [3.05, 3.63) is 24.3 Å². The first-order valence-corrected chi connectivity index (χ1v) is 12.4. The Morgan fingerprint density at radius 2 is 1.78 bits per heavy atom. The summed E-state index contributed by atoms with van der Waals surface area (Å²) in [5.74, 6) is 1.51. The summed E-state index contributed by atoms with van der Waals surface area (Å²) < 4.78 is 17.1. The summed E-state index contributed by atoms with van der Waals surface area (Å²) in [5.41, 5.74) is 1.35. The summed E-state index contributed by atoms with van der Waals surface area (Å²) in [6, 6.07) is 0. The van der Waals surface area contributed by atoms with E-state index in [0.717, 1.165) is 31.4 Å². The molecule has 0 radical (unpaired) electrons. The van der Waals surface area contributed by atoms with E-state index in [9.17, 15) is 4.79 Å². The van der Waals surface area contributed by atoms with Gasteiger partial charge >= 0.3 is 6.09 Å². The van der Waals surface area contributed by atoms with Crippen molar-refractivity contribution in [3.8, 4) is 0 Å². The van der Waals surface area contributed by atoms with Gasteiger partial charge in [0, 0.05) is 6.42 Å². The van der Waals surface area contributed by atoms with Gasteiger partial charge in [-0.05, 0) is 42.0 Å². The van der Waals surface area contributed by atoms with E-state index in [0.29, 0.717) is 35.7 Å². The average molecular weight is 398 g/mol. The molecule has 1 amide bonds. The zero-order chi connectivity index (χ0) is 20.6. The van der Waals surface area contributed by atoms with Crippen LogP contribution in [0.1, 0.15) is 67.2 Å². The molecule has 27 heavy (non-hydrogen) atoms. The molecule has 156 valence electrons. The van der Waals surface area contributed by atoms with Gasteiger partial charge in [0.15, 0.2) is 5.88 Å². The van der Waals surface area contributed by atoms with Crippen LogP contribution in [0.25, 0.3) is 0 Å². The molecule has 0 bridgehead atoms. The zero-order valence-electron chi connectivity index (χ0n) is 18.3. The Hall–Kier alpha value is -1.43. The third kappa shape index (κ3) is 6.03. The molecule has 1 aliphatic rings. The topological polar surface area (TPSA) is 48.0 Å². The van der Waals surface area contributed by atoms with Gasteiger partial charge in [-0.1, -0.05) is 48.1 Å². The molecule has 0 aromatic rings. The fourth-order valence-electron chi connectivity index (χ4n) is 4.13. The monoisotopic (exact) mass is 397 g/mol. The maximum absolute atomic E-state index is 12.2. The molecule has 5 nitrogen and oxygen atoms in total. The van der Waals surface area contributed by atoms with Gasteiger partial charge in [0.05, 0.1) is 19.4 Å². The zero-order valence-corrected chi connectivity index (χ0v) is 19.3. The lowest BCUT2D eigenvalue weighted by Gasteiger charge is -2.43. The molecule has 0 spiro atoms. The van der Waals surface area contributed by atoms with E-state index >= 15 is 0 Å². The lowest BCUT2D eigenvalue weighted by Crippen LogP contribution is -2.49. The lowest BCUT2D eigenvalue weighted by atomic mass is 10.2. The number of hydrogen-bond acceptors (Lipinski definition) is 4. The maximum atomic E-state index is 12.2. The molecule has 1 aliphatic heterocycles. The molecule has 0 aromatic carbocycles. The molecule has 0 N–H and O–H groups in total. The van der Waals surface area contributed by atoms with E-state index in [1.54, 1.807) is 12.0 Å². The van der Waals surface area contributed by atoms with Crippen LogP contribution in [0.4, 0.5) is 4.79 Å². The minimum Gasteiger partial charge on any atom is -0.531 e. The van der Waals surface area contributed by atoms with Crippen LogP contribution < -0.4 is 0 Å². The Kier molecular flexibility index (Phi) is 9.43. The van der Waals surface area contributed by atoms with E-state index in [1.165, 1.54) is 0 Å². The van der Waals surface area contributed by atoms with E-state index in [2.05, 4.69) is 54.2 Å². The van der Waals surface area contributed by atoms with Gasteiger partial charge in [-0.25, -0.2) is 9.69 Å². The molecule has 0 saturated carbocycles. The van der Waals surface area contributed by atoms with Crippen LogP contribution in [0.15, 0.2) is 24.3 Å². The molecule has 6 heteroatoms. The molecule has 0 unspecified atom stereocenters. The normalized spacial score (nSPS) is 15.7. The summed E-state index contributed by atoms with van der Waals surface area (Å²) in [5, 5.41) is 0.